The summed E-state index contributed by atoms with van der Waals surface area (Å²) < 4.78 is 6.07. The molecule has 8 nitrogen and oxygen atoms in total. The molecule has 1 aromatic rings. The summed E-state index contributed by atoms with van der Waals surface area (Å²) in [4.78, 5) is 46.9. The van der Waals surface area contributed by atoms with Crippen molar-refractivity contribution in [3.63, 3.8) is 0 Å². The smallest absolute Gasteiger partial charge is 0.353 e. The van der Waals surface area contributed by atoms with E-state index in [2.05, 4.69) is 38.0 Å². The van der Waals surface area contributed by atoms with Crippen molar-refractivity contribution in [1.82, 2.24) is 10.3 Å². The van der Waals surface area contributed by atoms with Gasteiger partial charge in [-0.15, -0.1) is 11.3 Å². The minimum Gasteiger partial charge on any atom is -0.457 e. The lowest BCUT2D eigenvalue weighted by molar-refractivity contribution is -0.179. The lowest BCUT2D eigenvalue weighted by Gasteiger charge is -2.35. The van der Waals surface area contributed by atoms with Crippen LogP contribution in [-0.4, -0.2) is 50.0 Å². The number of carbonyl (C=O) groups is 3. The number of alkyl halides is 1. The Morgan fingerprint density at radius 1 is 1.31 bits per heavy atom. The number of nitrogens with one attached hydrogen (secondary N) is 1. The molecule has 10 heteroatoms. The van der Waals surface area contributed by atoms with Gasteiger partial charge in [-0.05, 0) is 41.5 Å². The third-order valence-corrected chi connectivity index (χ3v) is 5.83. The number of esters is 1. The van der Waals surface area contributed by atoms with E-state index in [4.69, 9.17) is 9.57 Å². The Morgan fingerprint density at radius 2 is 1.97 bits per heavy atom. The standard InChI is InChI=1S/C19H26IN3O5S/c1-10-21-13(9-29-10)15(14(24)7-11-12(8-20)22-16(11)25)23-28-19(5,6)17(26)27-18(2,3)4/h9,11-12H,7-8H2,1-6H3,(H,22,25)/b23-15-/t11-,12+/m0/s1. The van der Waals surface area contributed by atoms with E-state index in [9.17, 15) is 14.4 Å². The number of hydrogen-bond acceptors (Lipinski definition) is 8. The van der Waals surface area contributed by atoms with Crippen molar-refractivity contribution in [3.8, 4) is 0 Å². The zero-order valence-corrected chi connectivity index (χ0v) is 20.3. The van der Waals surface area contributed by atoms with Gasteiger partial charge in [0.1, 0.15) is 11.3 Å². The fourth-order valence-electron chi connectivity index (χ4n) is 2.47. The Labute approximate surface area is 187 Å². The number of hydrogen-bond donors (Lipinski definition) is 1. The number of oxime groups is 1. The highest BCUT2D eigenvalue weighted by atomic mass is 127. The average Bonchev–Trinajstić information content (AvgIpc) is 3.02. The second-order valence-electron chi connectivity index (χ2n) is 8.30. The summed E-state index contributed by atoms with van der Waals surface area (Å²) in [6.07, 6.45) is 0.00509. The molecule has 0 unspecified atom stereocenters. The quantitative estimate of drug-likeness (QED) is 0.137. The number of β-lactam (4-membered cyclic amide) rings is 1. The number of amides is 1. The second kappa shape index (κ2) is 9.07. The number of nitrogens with zero attached hydrogens (tertiary/aromatic N) is 2. The number of halogens is 1. The summed E-state index contributed by atoms with van der Waals surface area (Å²) in [6, 6.07) is -0.0374. The molecule has 2 heterocycles. The largest absolute Gasteiger partial charge is 0.457 e. The SMILES string of the molecule is Cc1nc(/C(=N/OC(C)(C)C(=O)OC(C)(C)C)C(=O)C[C@@H]2C(=O)N[C@@H]2CI)cs1. The van der Waals surface area contributed by atoms with Crippen molar-refractivity contribution in [2.24, 2.45) is 11.1 Å². The lowest BCUT2D eigenvalue weighted by atomic mass is 9.86. The van der Waals surface area contributed by atoms with Crippen LogP contribution < -0.4 is 5.32 Å². The lowest BCUT2D eigenvalue weighted by Crippen LogP contribution is -2.59. The number of aryl methyl sites for hydroxylation is 1. The van der Waals surface area contributed by atoms with Gasteiger partial charge in [-0.25, -0.2) is 9.78 Å². The number of ether oxygens (including phenoxy) is 1. The van der Waals surface area contributed by atoms with Gasteiger partial charge in [-0.1, -0.05) is 27.7 Å². The van der Waals surface area contributed by atoms with E-state index in [-0.39, 0.29) is 29.9 Å². The third kappa shape index (κ3) is 6.21. The molecule has 2 rings (SSSR count). The van der Waals surface area contributed by atoms with E-state index < -0.39 is 23.1 Å². The summed E-state index contributed by atoms with van der Waals surface area (Å²) in [7, 11) is 0. The maximum Gasteiger partial charge on any atom is 0.353 e. The Balaban J connectivity index is 2.23. The molecule has 1 amide bonds. The highest BCUT2D eigenvalue weighted by Crippen LogP contribution is 2.24. The van der Waals surface area contributed by atoms with Crippen LogP contribution in [0, 0.1) is 12.8 Å². The molecule has 1 saturated heterocycles. The molecule has 0 aliphatic carbocycles. The summed E-state index contributed by atoms with van der Waals surface area (Å²) >= 11 is 3.54. The van der Waals surface area contributed by atoms with Gasteiger partial charge in [-0.3, -0.25) is 9.59 Å². The van der Waals surface area contributed by atoms with Crippen LogP contribution in [0.15, 0.2) is 10.5 Å². The van der Waals surface area contributed by atoms with Gasteiger partial charge < -0.3 is 14.9 Å². The zero-order chi connectivity index (χ0) is 22.0. The summed E-state index contributed by atoms with van der Waals surface area (Å²) in [6.45, 7) is 10.1. The molecule has 0 saturated carbocycles. The van der Waals surface area contributed by atoms with Crippen molar-refractivity contribution < 1.29 is 24.0 Å². The van der Waals surface area contributed by atoms with E-state index >= 15 is 0 Å². The first-order valence-corrected chi connectivity index (χ1v) is 11.6. The third-order valence-electron chi connectivity index (χ3n) is 4.10. The molecule has 1 aromatic heterocycles. The van der Waals surface area contributed by atoms with Crippen molar-refractivity contribution >= 4 is 57.3 Å². The van der Waals surface area contributed by atoms with E-state index in [0.29, 0.717) is 10.1 Å². The molecule has 0 spiro atoms. The molecule has 0 bridgehead atoms. The molecule has 0 radical (unpaired) electrons. The fourth-order valence-corrected chi connectivity index (χ4v) is 3.90. The van der Waals surface area contributed by atoms with Crippen molar-refractivity contribution in [3.05, 3.63) is 16.1 Å². The first-order valence-electron chi connectivity index (χ1n) is 9.15. The Morgan fingerprint density at radius 3 is 2.45 bits per heavy atom. The Hall–Kier alpha value is -1.56. The fraction of sp³-hybridized carbons (Fsp3) is 0.632. The van der Waals surface area contributed by atoms with Gasteiger partial charge in [0.25, 0.3) is 0 Å². The number of aromatic nitrogens is 1. The van der Waals surface area contributed by atoms with E-state index in [1.165, 1.54) is 25.2 Å². The van der Waals surface area contributed by atoms with Gasteiger partial charge in [0.05, 0.1) is 10.9 Å². The van der Waals surface area contributed by atoms with Crippen molar-refractivity contribution in [1.29, 1.82) is 0 Å². The van der Waals surface area contributed by atoms with Crippen LogP contribution in [0.4, 0.5) is 0 Å². The minimum absolute atomic E-state index is 0.00195. The van der Waals surface area contributed by atoms with Gasteiger partial charge in [-0.2, -0.15) is 0 Å². The van der Waals surface area contributed by atoms with Crippen LogP contribution >= 0.6 is 33.9 Å². The Bertz CT molecular complexity index is 828. The number of ketones is 1. The number of thiazole rings is 1. The summed E-state index contributed by atoms with van der Waals surface area (Å²) in [5.41, 5.74) is -1.72. The van der Waals surface area contributed by atoms with Crippen molar-refractivity contribution in [2.45, 2.75) is 65.2 Å². The minimum atomic E-state index is -1.40. The number of rotatable bonds is 8. The van der Waals surface area contributed by atoms with E-state index in [1.807, 2.05) is 6.92 Å². The first kappa shape index (κ1) is 23.7. The predicted octanol–water partition coefficient (Wildman–Crippen LogP) is 2.80. The monoisotopic (exact) mass is 535 g/mol. The van der Waals surface area contributed by atoms with E-state index in [0.717, 1.165) is 5.01 Å². The molecule has 1 N–H and O–H groups in total. The van der Waals surface area contributed by atoms with Crippen LogP contribution in [0.1, 0.15) is 51.7 Å². The Kier molecular flexibility index (Phi) is 7.42. The van der Waals surface area contributed by atoms with Gasteiger partial charge in [0.15, 0.2) is 11.5 Å². The van der Waals surface area contributed by atoms with Crippen LogP contribution in [0.2, 0.25) is 0 Å². The molecule has 160 valence electrons. The average molecular weight is 535 g/mol. The van der Waals surface area contributed by atoms with Crippen LogP contribution in [0.3, 0.4) is 0 Å². The molecule has 2 atom stereocenters. The topological polar surface area (TPSA) is 107 Å². The van der Waals surface area contributed by atoms with Gasteiger partial charge >= 0.3 is 5.97 Å². The highest BCUT2D eigenvalue weighted by molar-refractivity contribution is 14.1. The molecular weight excluding hydrogens is 509 g/mol. The van der Waals surface area contributed by atoms with Crippen LogP contribution in [0.25, 0.3) is 0 Å². The molecule has 1 aliphatic rings. The summed E-state index contributed by atoms with van der Waals surface area (Å²) in [5, 5.41) is 9.24. The first-order chi connectivity index (χ1) is 13.3. The maximum absolute atomic E-state index is 12.9. The zero-order valence-electron chi connectivity index (χ0n) is 17.4. The molecule has 1 fully saturated rings. The molecular formula is C19H26IN3O5S. The number of carbonyl (C=O) groups excluding carboxylic acids is 3. The van der Waals surface area contributed by atoms with E-state index in [1.54, 1.807) is 26.2 Å². The number of Topliss-reactive ketones (excluding diaryl/α,β-unsaturated/α-hetero) is 1. The second-order valence-corrected chi connectivity index (χ2v) is 10.2. The van der Waals surface area contributed by atoms with Crippen LogP contribution in [0.5, 0.6) is 0 Å². The van der Waals surface area contributed by atoms with Crippen LogP contribution in [-0.2, 0) is 24.0 Å². The molecule has 0 aromatic carbocycles. The highest BCUT2D eigenvalue weighted by Gasteiger charge is 2.41. The van der Waals surface area contributed by atoms with Gasteiger partial charge in [0, 0.05) is 22.3 Å². The van der Waals surface area contributed by atoms with Gasteiger partial charge in [0.2, 0.25) is 11.5 Å². The van der Waals surface area contributed by atoms with Crippen molar-refractivity contribution in [2.75, 3.05) is 4.43 Å². The summed E-state index contributed by atoms with van der Waals surface area (Å²) in [5.74, 6) is -1.50. The molecule has 1 aliphatic heterocycles. The predicted molar refractivity (Wildman–Crippen MR) is 118 cm³/mol. The maximum atomic E-state index is 12.9. The normalized spacial score (nSPS) is 20.0. The molecule has 29 heavy (non-hydrogen) atoms.